The molecule has 0 aliphatic carbocycles. The smallest absolute Gasteiger partial charge is 0.0776 e. The molecule has 1 aromatic heterocycles. The van der Waals surface area contributed by atoms with Crippen LogP contribution in [0.2, 0.25) is 0 Å². The highest BCUT2D eigenvalue weighted by atomic mass is 16.5. The van der Waals surface area contributed by atoms with Crippen molar-refractivity contribution in [1.29, 1.82) is 0 Å². The second-order valence-electron chi connectivity index (χ2n) is 1.98. The molecule has 0 saturated heterocycles. The zero-order valence-electron chi connectivity index (χ0n) is 7.65. The molecule has 0 aliphatic rings. The van der Waals surface area contributed by atoms with E-state index in [2.05, 4.69) is 15.4 Å². The van der Waals surface area contributed by atoms with Gasteiger partial charge in [0.2, 0.25) is 0 Å². The van der Waals surface area contributed by atoms with Crippen LogP contribution in [0.1, 0.15) is 33.9 Å². The van der Waals surface area contributed by atoms with Crippen molar-refractivity contribution in [2.45, 2.75) is 26.8 Å². The lowest BCUT2D eigenvalue weighted by Crippen LogP contribution is -2.14. The number of hydrogen-bond acceptors (Lipinski definition) is 4. The molecule has 0 unspecified atom stereocenters. The minimum atomic E-state index is -0.159. The van der Waals surface area contributed by atoms with Gasteiger partial charge in [-0.05, 0) is 6.92 Å². The summed E-state index contributed by atoms with van der Waals surface area (Å²) in [4.78, 5) is 7.80. The van der Waals surface area contributed by atoms with Gasteiger partial charge in [-0.25, -0.2) is 0 Å². The predicted molar refractivity (Wildman–Crippen MR) is 48.8 cm³/mol. The van der Waals surface area contributed by atoms with Gasteiger partial charge in [0, 0.05) is 13.8 Å². The van der Waals surface area contributed by atoms with Crippen molar-refractivity contribution >= 4 is 0 Å². The second kappa shape index (κ2) is 6.69. The van der Waals surface area contributed by atoms with Crippen molar-refractivity contribution in [2.24, 2.45) is 0 Å². The van der Waals surface area contributed by atoms with Gasteiger partial charge in [0.25, 0.3) is 0 Å². The average molecular weight is 171 g/mol. The highest BCUT2D eigenvalue weighted by Crippen LogP contribution is 2.03. The molecule has 4 nitrogen and oxygen atoms in total. The number of hydroxylamine groups is 1. The van der Waals surface area contributed by atoms with Crippen LogP contribution in [-0.4, -0.2) is 15.2 Å². The molecule has 0 aromatic carbocycles. The normalized spacial score (nSPS) is 11.3. The zero-order chi connectivity index (χ0) is 9.40. The fraction of sp³-hybridized carbons (Fsp3) is 0.500. The maximum atomic E-state index is 8.47. The van der Waals surface area contributed by atoms with E-state index in [9.17, 15) is 0 Å². The van der Waals surface area contributed by atoms with E-state index in [1.165, 1.54) is 0 Å². The topological polar surface area (TPSA) is 58.0 Å². The fourth-order valence-corrected chi connectivity index (χ4v) is 0.600. The van der Waals surface area contributed by atoms with E-state index < -0.39 is 0 Å². The lowest BCUT2D eigenvalue weighted by Gasteiger charge is -2.05. The third kappa shape index (κ3) is 3.41. The summed E-state index contributed by atoms with van der Waals surface area (Å²) >= 11 is 0. The Morgan fingerprint density at radius 1 is 1.50 bits per heavy atom. The minimum Gasteiger partial charge on any atom is -0.316 e. The summed E-state index contributed by atoms with van der Waals surface area (Å²) in [6.45, 7) is 5.80. The van der Waals surface area contributed by atoms with Gasteiger partial charge < -0.3 is 5.21 Å². The largest absolute Gasteiger partial charge is 0.316 e. The third-order valence-corrected chi connectivity index (χ3v) is 1.22. The number of nitrogens with zero attached hydrogens (tertiary/aromatic N) is 2. The molecular weight excluding hydrogens is 154 g/mol. The molecule has 0 aliphatic heterocycles. The van der Waals surface area contributed by atoms with Crippen LogP contribution in [0.3, 0.4) is 0 Å². The van der Waals surface area contributed by atoms with E-state index >= 15 is 0 Å². The maximum absolute atomic E-state index is 8.47. The quantitative estimate of drug-likeness (QED) is 0.666. The molecule has 1 atom stereocenters. The predicted octanol–water partition coefficient (Wildman–Crippen LogP) is 1.79. The monoisotopic (exact) mass is 171 g/mol. The van der Waals surface area contributed by atoms with Crippen LogP contribution in [0.4, 0.5) is 0 Å². The number of hydrogen-bond donors (Lipinski definition) is 2. The van der Waals surface area contributed by atoms with Gasteiger partial charge in [0.05, 0.1) is 17.9 Å². The Kier molecular flexibility index (Phi) is 6.14. The van der Waals surface area contributed by atoms with E-state index in [4.69, 9.17) is 5.21 Å². The van der Waals surface area contributed by atoms with Crippen molar-refractivity contribution in [3.63, 3.8) is 0 Å². The first-order valence-electron chi connectivity index (χ1n) is 4.00. The number of nitrogens with one attached hydrogen (secondary N) is 1. The van der Waals surface area contributed by atoms with Gasteiger partial charge in [0.15, 0.2) is 0 Å². The molecule has 12 heavy (non-hydrogen) atoms. The number of aromatic nitrogens is 2. The summed E-state index contributed by atoms with van der Waals surface area (Å²) in [5.74, 6) is 0. The summed E-state index contributed by atoms with van der Waals surface area (Å²) in [7, 11) is 0. The standard InChI is InChI=1S/C6H9N3O.C2H6.H2/c1-5(9-10)6-4-7-2-3-8-6;1-2;/h2-5,9-10H,1H3;1-2H3;1H/t5-;;/m0../s1. The van der Waals surface area contributed by atoms with Crippen molar-refractivity contribution < 1.29 is 6.63 Å². The Balaban J connectivity index is 0. The summed E-state index contributed by atoms with van der Waals surface area (Å²) in [5.41, 5.74) is 2.81. The Hall–Kier alpha value is -1.00. The lowest BCUT2D eigenvalue weighted by atomic mass is 10.3. The first kappa shape index (κ1) is 11.0. The minimum absolute atomic E-state index is 0. The molecular formula is C8H17N3O. The van der Waals surface area contributed by atoms with E-state index in [1.807, 2.05) is 13.8 Å². The highest BCUT2D eigenvalue weighted by molar-refractivity contribution is 4.99. The summed E-state index contributed by atoms with van der Waals surface area (Å²) in [6, 6.07) is -0.159. The Morgan fingerprint density at radius 3 is 2.58 bits per heavy atom. The summed E-state index contributed by atoms with van der Waals surface area (Å²) in [6.07, 6.45) is 4.78. The zero-order valence-corrected chi connectivity index (χ0v) is 7.65. The van der Waals surface area contributed by atoms with Gasteiger partial charge in [0.1, 0.15) is 0 Å². The van der Waals surface area contributed by atoms with E-state index in [-0.39, 0.29) is 7.47 Å². The van der Waals surface area contributed by atoms with Crippen LogP contribution < -0.4 is 5.48 Å². The van der Waals surface area contributed by atoms with Crippen molar-refractivity contribution in [3.05, 3.63) is 24.3 Å². The summed E-state index contributed by atoms with van der Waals surface area (Å²) < 4.78 is 0. The van der Waals surface area contributed by atoms with Gasteiger partial charge in [-0.1, -0.05) is 13.8 Å². The Morgan fingerprint density at radius 2 is 2.17 bits per heavy atom. The Labute approximate surface area is 74.1 Å². The van der Waals surface area contributed by atoms with Crippen LogP contribution >= 0.6 is 0 Å². The maximum Gasteiger partial charge on any atom is 0.0776 e. The molecule has 4 heteroatoms. The van der Waals surface area contributed by atoms with Crippen molar-refractivity contribution in [2.75, 3.05) is 0 Å². The molecule has 2 N–H and O–H groups in total. The van der Waals surface area contributed by atoms with E-state index in [1.54, 1.807) is 25.5 Å². The molecule has 0 bridgehead atoms. The first-order valence-corrected chi connectivity index (χ1v) is 4.00. The van der Waals surface area contributed by atoms with Crippen LogP contribution in [0.25, 0.3) is 0 Å². The van der Waals surface area contributed by atoms with E-state index in [0.717, 1.165) is 5.69 Å². The van der Waals surface area contributed by atoms with Crippen LogP contribution in [-0.2, 0) is 0 Å². The SMILES string of the molecule is CC.C[C@H](NO)c1cnccn1.[HH]. The molecule has 0 fully saturated rings. The summed E-state index contributed by atoms with van der Waals surface area (Å²) in [5, 5.41) is 8.47. The number of rotatable bonds is 2. The van der Waals surface area contributed by atoms with Crippen molar-refractivity contribution in [3.8, 4) is 0 Å². The lowest BCUT2D eigenvalue weighted by molar-refractivity contribution is 0.131. The van der Waals surface area contributed by atoms with Gasteiger partial charge in [-0.15, -0.1) is 0 Å². The molecule has 1 aromatic rings. The van der Waals surface area contributed by atoms with E-state index in [0.29, 0.717) is 0 Å². The van der Waals surface area contributed by atoms with Crippen LogP contribution in [0.5, 0.6) is 0 Å². The van der Waals surface area contributed by atoms with Gasteiger partial charge in [-0.2, -0.15) is 5.48 Å². The molecule has 1 rings (SSSR count). The molecule has 70 valence electrons. The van der Waals surface area contributed by atoms with Gasteiger partial charge in [-0.3, -0.25) is 9.97 Å². The Bertz CT molecular complexity index is 196. The molecule has 0 spiro atoms. The fourth-order valence-electron chi connectivity index (χ4n) is 0.600. The average Bonchev–Trinajstić information content (AvgIpc) is 2.21. The van der Waals surface area contributed by atoms with Gasteiger partial charge >= 0.3 is 0 Å². The van der Waals surface area contributed by atoms with Crippen LogP contribution in [0, 0.1) is 0 Å². The third-order valence-electron chi connectivity index (χ3n) is 1.22. The van der Waals surface area contributed by atoms with Crippen molar-refractivity contribution in [1.82, 2.24) is 15.4 Å². The van der Waals surface area contributed by atoms with Crippen LogP contribution in [0.15, 0.2) is 18.6 Å². The highest BCUT2D eigenvalue weighted by Gasteiger charge is 2.02. The molecule has 0 radical (unpaired) electrons. The first-order chi connectivity index (χ1) is 5.84. The molecule has 1 heterocycles. The molecule has 0 saturated carbocycles. The second-order valence-corrected chi connectivity index (χ2v) is 1.98. The molecule has 0 amide bonds.